The van der Waals surface area contributed by atoms with Crippen LogP contribution in [-0.2, 0) is 11.3 Å². The van der Waals surface area contributed by atoms with Crippen molar-refractivity contribution in [3.63, 3.8) is 0 Å². The van der Waals surface area contributed by atoms with Crippen molar-refractivity contribution in [2.45, 2.75) is 38.3 Å². The van der Waals surface area contributed by atoms with Gasteiger partial charge in [0.2, 0.25) is 5.91 Å². The van der Waals surface area contributed by atoms with Gasteiger partial charge in [0.25, 0.3) is 0 Å². The van der Waals surface area contributed by atoms with E-state index in [9.17, 15) is 9.18 Å². The van der Waals surface area contributed by atoms with Gasteiger partial charge in [-0.3, -0.25) is 4.79 Å². The SMILES string of the molecule is CNC1CCC(C(=O)NCc2ccc(F)cc2)CC1. The Labute approximate surface area is 113 Å². The molecule has 1 aliphatic rings. The minimum Gasteiger partial charge on any atom is -0.352 e. The third-order valence-corrected chi connectivity index (χ3v) is 3.89. The van der Waals surface area contributed by atoms with Crippen molar-refractivity contribution in [3.05, 3.63) is 35.6 Å². The standard InChI is InChI=1S/C15H21FN2O/c1-17-14-8-4-12(5-9-14)15(19)18-10-11-2-6-13(16)7-3-11/h2-3,6-7,12,14,17H,4-5,8-10H2,1H3,(H,18,19). The molecule has 0 aromatic heterocycles. The molecular weight excluding hydrogens is 243 g/mol. The number of rotatable bonds is 4. The number of carbonyl (C=O) groups is 1. The number of hydrogen-bond donors (Lipinski definition) is 2. The molecule has 0 radical (unpaired) electrons. The average Bonchev–Trinajstić information content (AvgIpc) is 2.46. The van der Waals surface area contributed by atoms with E-state index in [0.717, 1.165) is 31.2 Å². The molecule has 1 fully saturated rings. The number of halogens is 1. The number of nitrogens with one attached hydrogen (secondary N) is 2. The third kappa shape index (κ3) is 4.03. The average molecular weight is 264 g/mol. The van der Waals surface area contributed by atoms with E-state index in [0.29, 0.717) is 12.6 Å². The van der Waals surface area contributed by atoms with Gasteiger partial charge in [-0.05, 0) is 50.4 Å². The highest BCUT2D eigenvalue weighted by Gasteiger charge is 2.25. The fourth-order valence-electron chi connectivity index (χ4n) is 2.58. The van der Waals surface area contributed by atoms with Gasteiger partial charge in [0.15, 0.2) is 0 Å². The molecule has 1 aromatic carbocycles. The zero-order valence-corrected chi connectivity index (χ0v) is 11.3. The van der Waals surface area contributed by atoms with Crippen LogP contribution in [0.2, 0.25) is 0 Å². The van der Waals surface area contributed by atoms with E-state index in [1.54, 1.807) is 12.1 Å². The summed E-state index contributed by atoms with van der Waals surface area (Å²) in [5.41, 5.74) is 0.929. The summed E-state index contributed by atoms with van der Waals surface area (Å²) in [6.07, 6.45) is 4.01. The van der Waals surface area contributed by atoms with Gasteiger partial charge in [-0.1, -0.05) is 12.1 Å². The minimum absolute atomic E-state index is 0.124. The number of amides is 1. The van der Waals surface area contributed by atoms with Crippen molar-refractivity contribution in [1.82, 2.24) is 10.6 Å². The predicted molar refractivity (Wildman–Crippen MR) is 73.1 cm³/mol. The van der Waals surface area contributed by atoms with Gasteiger partial charge in [0.1, 0.15) is 5.82 Å². The van der Waals surface area contributed by atoms with E-state index in [1.165, 1.54) is 12.1 Å². The Balaban J connectivity index is 1.77. The molecule has 0 atom stereocenters. The highest BCUT2D eigenvalue weighted by Crippen LogP contribution is 2.24. The van der Waals surface area contributed by atoms with Gasteiger partial charge < -0.3 is 10.6 Å². The van der Waals surface area contributed by atoms with E-state index < -0.39 is 0 Å². The maximum Gasteiger partial charge on any atom is 0.223 e. The second-order valence-electron chi connectivity index (χ2n) is 5.18. The Bertz CT molecular complexity index is 411. The van der Waals surface area contributed by atoms with Crippen LogP contribution < -0.4 is 10.6 Å². The highest BCUT2D eigenvalue weighted by atomic mass is 19.1. The summed E-state index contributed by atoms with van der Waals surface area (Å²) >= 11 is 0. The molecule has 0 saturated heterocycles. The first-order chi connectivity index (χ1) is 9.19. The van der Waals surface area contributed by atoms with Crippen LogP contribution in [0.3, 0.4) is 0 Å². The molecule has 104 valence electrons. The summed E-state index contributed by atoms with van der Waals surface area (Å²) < 4.78 is 12.8. The van der Waals surface area contributed by atoms with Gasteiger partial charge in [0, 0.05) is 18.5 Å². The molecule has 2 N–H and O–H groups in total. The second kappa shape index (κ2) is 6.66. The van der Waals surface area contributed by atoms with Crippen LogP contribution in [0.15, 0.2) is 24.3 Å². The molecule has 0 heterocycles. The van der Waals surface area contributed by atoms with Crippen molar-refractivity contribution in [3.8, 4) is 0 Å². The topological polar surface area (TPSA) is 41.1 Å². The van der Waals surface area contributed by atoms with Gasteiger partial charge in [-0.15, -0.1) is 0 Å². The molecule has 1 amide bonds. The number of benzene rings is 1. The summed E-state index contributed by atoms with van der Waals surface area (Å²) in [7, 11) is 1.97. The van der Waals surface area contributed by atoms with Crippen LogP contribution in [-0.4, -0.2) is 19.0 Å². The Morgan fingerprint density at radius 3 is 2.42 bits per heavy atom. The number of hydrogen-bond acceptors (Lipinski definition) is 2. The van der Waals surface area contributed by atoms with E-state index in [1.807, 2.05) is 7.05 Å². The van der Waals surface area contributed by atoms with Gasteiger partial charge in [0.05, 0.1) is 0 Å². The summed E-state index contributed by atoms with van der Waals surface area (Å²) in [6, 6.07) is 6.79. The zero-order valence-electron chi connectivity index (χ0n) is 11.3. The van der Waals surface area contributed by atoms with Crippen LogP contribution in [0.25, 0.3) is 0 Å². The fourth-order valence-corrected chi connectivity index (χ4v) is 2.58. The number of carbonyl (C=O) groups excluding carboxylic acids is 1. The maximum atomic E-state index is 12.8. The molecule has 4 heteroatoms. The molecule has 0 unspecified atom stereocenters. The lowest BCUT2D eigenvalue weighted by Crippen LogP contribution is -2.37. The third-order valence-electron chi connectivity index (χ3n) is 3.89. The summed E-state index contributed by atoms with van der Waals surface area (Å²) in [4.78, 5) is 12.0. The quantitative estimate of drug-likeness (QED) is 0.875. The molecule has 0 spiro atoms. The van der Waals surface area contributed by atoms with Gasteiger partial charge in [-0.2, -0.15) is 0 Å². The van der Waals surface area contributed by atoms with Crippen molar-refractivity contribution < 1.29 is 9.18 Å². The smallest absolute Gasteiger partial charge is 0.223 e. The highest BCUT2D eigenvalue weighted by molar-refractivity contribution is 5.78. The molecular formula is C15H21FN2O. The largest absolute Gasteiger partial charge is 0.352 e. The minimum atomic E-state index is -0.250. The first-order valence-electron chi connectivity index (χ1n) is 6.88. The van der Waals surface area contributed by atoms with Crippen LogP contribution in [0.5, 0.6) is 0 Å². The van der Waals surface area contributed by atoms with Crippen LogP contribution in [0, 0.1) is 11.7 Å². The molecule has 2 rings (SSSR count). The second-order valence-corrected chi connectivity index (χ2v) is 5.18. The van der Waals surface area contributed by atoms with Crippen molar-refractivity contribution in [2.24, 2.45) is 5.92 Å². The molecule has 0 aliphatic heterocycles. The summed E-state index contributed by atoms with van der Waals surface area (Å²) in [5, 5.41) is 6.20. The van der Waals surface area contributed by atoms with Crippen molar-refractivity contribution in [2.75, 3.05) is 7.05 Å². The molecule has 0 bridgehead atoms. The van der Waals surface area contributed by atoms with Crippen LogP contribution in [0.4, 0.5) is 4.39 Å². The molecule has 19 heavy (non-hydrogen) atoms. The molecule has 1 aliphatic carbocycles. The summed E-state index contributed by atoms with van der Waals surface area (Å²) in [5.74, 6) is 0.00407. The normalized spacial score (nSPS) is 23.1. The Morgan fingerprint density at radius 2 is 1.84 bits per heavy atom. The van der Waals surface area contributed by atoms with Gasteiger partial charge in [-0.25, -0.2) is 4.39 Å². The first-order valence-corrected chi connectivity index (χ1v) is 6.88. The van der Waals surface area contributed by atoms with Crippen molar-refractivity contribution in [1.29, 1.82) is 0 Å². The maximum absolute atomic E-state index is 12.8. The van der Waals surface area contributed by atoms with E-state index >= 15 is 0 Å². The fraction of sp³-hybridized carbons (Fsp3) is 0.533. The zero-order chi connectivity index (χ0) is 13.7. The van der Waals surface area contributed by atoms with Crippen molar-refractivity contribution >= 4 is 5.91 Å². The lowest BCUT2D eigenvalue weighted by Gasteiger charge is -2.27. The van der Waals surface area contributed by atoms with Gasteiger partial charge >= 0.3 is 0 Å². The molecule has 1 saturated carbocycles. The first kappa shape index (κ1) is 14.0. The van der Waals surface area contributed by atoms with E-state index in [2.05, 4.69) is 10.6 Å². The molecule has 1 aromatic rings. The predicted octanol–water partition coefficient (Wildman–Crippen LogP) is 2.22. The van der Waals surface area contributed by atoms with Crippen LogP contribution in [0.1, 0.15) is 31.2 Å². The van der Waals surface area contributed by atoms with Crippen LogP contribution >= 0.6 is 0 Å². The monoisotopic (exact) mass is 264 g/mol. The Kier molecular flexibility index (Phi) is 4.91. The van der Waals surface area contributed by atoms with E-state index in [4.69, 9.17) is 0 Å². The van der Waals surface area contributed by atoms with E-state index in [-0.39, 0.29) is 17.6 Å². The lowest BCUT2D eigenvalue weighted by atomic mass is 9.85. The Morgan fingerprint density at radius 1 is 1.21 bits per heavy atom. The lowest BCUT2D eigenvalue weighted by molar-refractivity contribution is -0.126. The summed E-state index contributed by atoms with van der Waals surface area (Å²) in [6.45, 7) is 0.477. The Hall–Kier alpha value is -1.42. The molecule has 3 nitrogen and oxygen atoms in total.